The van der Waals surface area contributed by atoms with Gasteiger partial charge in [-0.2, -0.15) is 0 Å². The van der Waals surface area contributed by atoms with E-state index in [9.17, 15) is 29.4 Å². The first kappa shape index (κ1) is 28.4. The molecule has 10 heteroatoms. The number of carbonyl (C=O) groups excluding carboxylic acids is 1. The first-order valence-corrected chi connectivity index (χ1v) is 10.1. The summed E-state index contributed by atoms with van der Waals surface area (Å²) in [6.07, 6.45) is -1.15. The second kappa shape index (κ2) is 13.8. The Morgan fingerprint density at radius 1 is 0.800 bits per heavy atom. The molecule has 0 aliphatic carbocycles. The molecule has 1 atom stereocenters. The molecule has 10 nitrogen and oxygen atoms in total. The number of aliphatic carboxylic acids is 1. The van der Waals surface area contributed by atoms with Crippen molar-refractivity contribution < 1.29 is 48.7 Å². The molecular weight excluding hydrogens is 460 g/mol. The first-order chi connectivity index (χ1) is 16.4. The number of hydrogen-bond donors (Lipinski definition) is 3. The molecule has 0 bridgehead atoms. The van der Waals surface area contributed by atoms with Gasteiger partial charge in [0.1, 0.15) is 22.6 Å². The van der Waals surface area contributed by atoms with Crippen molar-refractivity contribution in [3.05, 3.63) is 84.0 Å². The van der Waals surface area contributed by atoms with Crippen LogP contribution >= 0.6 is 0 Å². The molecule has 0 heterocycles. The van der Waals surface area contributed by atoms with Crippen LogP contribution in [0.5, 0.6) is 11.5 Å². The molecule has 2 aromatic rings. The van der Waals surface area contributed by atoms with E-state index in [1.165, 1.54) is 44.2 Å². The van der Waals surface area contributed by atoms with Crippen LogP contribution in [0.15, 0.2) is 72.8 Å². The molecule has 0 saturated heterocycles. The van der Waals surface area contributed by atoms with Crippen molar-refractivity contribution in [3.63, 3.8) is 0 Å². The summed E-state index contributed by atoms with van der Waals surface area (Å²) in [6.45, 7) is 9.52. The van der Waals surface area contributed by atoms with Crippen molar-refractivity contribution in [1.82, 2.24) is 0 Å². The van der Waals surface area contributed by atoms with Crippen molar-refractivity contribution in [2.45, 2.75) is 26.6 Å². The highest BCUT2D eigenvalue weighted by atomic mass is 16.7. The van der Waals surface area contributed by atoms with Crippen LogP contribution in [0.1, 0.15) is 41.0 Å². The highest BCUT2D eigenvalue weighted by Crippen LogP contribution is 2.22. The molecule has 35 heavy (non-hydrogen) atoms. The first-order valence-electron chi connectivity index (χ1n) is 10.1. The van der Waals surface area contributed by atoms with Gasteiger partial charge in [-0.05, 0) is 38.1 Å². The summed E-state index contributed by atoms with van der Waals surface area (Å²) < 4.78 is 16.3. The van der Waals surface area contributed by atoms with E-state index < -0.39 is 30.2 Å². The van der Waals surface area contributed by atoms with Gasteiger partial charge in [0.2, 0.25) is 6.29 Å². The zero-order valence-corrected chi connectivity index (χ0v) is 19.2. The zero-order chi connectivity index (χ0) is 26.5. The molecular formula is C25H26O10. The Bertz CT molecular complexity index is 1090. The summed E-state index contributed by atoms with van der Waals surface area (Å²) in [7, 11) is 0. The van der Waals surface area contributed by atoms with Gasteiger partial charge < -0.3 is 29.5 Å². The lowest BCUT2D eigenvalue weighted by molar-refractivity contribution is -0.160. The van der Waals surface area contributed by atoms with Crippen LogP contribution < -0.4 is 9.47 Å². The quantitative estimate of drug-likeness (QED) is 0.241. The topological polar surface area (TPSA) is 157 Å². The van der Waals surface area contributed by atoms with Crippen LogP contribution in [0.2, 0.25) is 0 Å². The van der Waals surface area contributed by atoms with Gasteiger partial charge >= 0.3 is 23.9 Å². The normalized spacial score (nSPS) is 10.6. The number of carboxylic acids is 3. The van der Waals surface area contributed by atoms with Gasteiger partial charge in [0.15, 0.2) is 0 Å². The Morgan fingerprint density at radius 3 is 1.71 bits per heavy atom. The minimum atomic E-state index is -1.20. The van der Waals surface area contributed by atoms with E-state index in [1.807, 2.05) is 0 Å². The van der Waals surface area contributed by atoms with Gasteiger partial charge in [-0.15, -0.1) is 0 Å². The maximum atomic E-state index is 11.9. The van der Waals surface area contributed by atoms with E-state index in [2.05, 4.69) is 13.2 Å². The van der Waals surface area contributed by atoms with Gasteiger partial charge in [-0.1, -0.05) is 37.4 Å². The average Bonchev–Trinajstić information content (AvgIpc) is 2.79. The van der Waals surface area contributed by atoms with Gasteiger partial charge in [0.25, 0.3) is 0 Å². The molecule has 0 aliphatic rings. The predicted octanol–water partition coefficient (Wildman–Crippen LogP) is 4.02. The number of benzene rings is 2. The van der Waals surface area contributed by atoms with Crippen LogP contribution in [0.25, 0.3) is 0 Å². The number of ether oxygens (including phenoxy) is 3. The second-order valence-electron chi connectivity index (χ2n) is 7.06. The monoisotopic (exact) mass is 486 g/mol. The smallest absolute Gasteiger partial charge is 0.339 e. The molecule has 0 aliphatic heterocycles. The minimum Gasteiger partial charge on any atom is -0.492 e. The minimum absolute atomic E-state index is 0.0138. The van der Waals surface area contributed by atoms with Gasteiger partial charge in [-0.25, -0.2) is 19.2 Å². The van der Waals surface area contributed by atoms with Crippen molar-refractivity contribution in [2.24, 2.45) is 0 Å². The van der Waals surface area contributed by atoms with Crippen molar-refractivity contribution in [3.8, 4) is 11.5 Å². The molecule has 3 N–H and O–H groups in total. The fraction of sp³-hybridized carbons (Fsp3) is 0.200. The van der Waals surface area contributed by atoms with E-state index in [0.29, 0.717) is 0 Å². The number of hydrogen-bond acceptors (Lipinski definition) is 7. The highest BCUT2D eigenvalue weighted by Gasteiger charge is 2.21. The van der Waals surface area contributed by atoms with Gasteiger partial charge in [-0.3, -0.25) is 0 Å². The Kier molecular flexibility index (Phi) is 11.2. The Balaban J connectivity index is 0.000000905. The molecule has 0 saturated carbocycles. The highest BCUT2D eigenvalue weighted by molar-refractivity contribution is 5.91. The summed E-state index contributed by atoms with van der Waals surface area (Å²) in [5.41, 5.74) is 0.207. The Morgan fingerprint density at radius 2 is 1.26 bits per heavy atom. The number of carbonyl (C=O) groups is 4. The molecule has 2 aromatic carbocycles. The number of aromatic carboxylic acids is 2. The Labute approximate surface area is 201 Å². The summed E-state index contributed by atoms with van der Waals surface area (Å²) in [4.78, 5) is 44.1. The maximum absolute atomic E-state index is 11.9. The molecule has 0 fully saturated rings. The Hall–Kier alpha value is -4.60. The van der Waals surface area contributed by atoms with Crippen LogP contribution in [-0.4, -0.2) is 52.1 Å². The molecule has 1 unspecified atom stereocenters. The number of rotatable bonds is 11. The number of esters is 1. The van der Waals surface area contributed by atoms with E-state index >= 15 is 0 Å². The lowest BCUT2D eigenvalue weighted by atomic mass is 10.2. The molecule has 2 rings (SSSR count). The third-order valence-corrected chi connectivity index (χ3v) is 4.06. The van der Waals surface area contributed by atoms with E-state index in [1.54, 1.807) is 18.2 Å². The van der Waals surface area contributed by atoms with Crippen molar-refractivity contribution in [2.75, 3.05) is 6.61 Å². The zero-order valence-electron chi connectivity index (χ0n) is 19.2. The van der Waals surface area contributed by atoms with Crippen molar-refractivity contribution in [1.29, 1.82) is 0 Å². The largest absolute Gasteiger partial charge is 0.492 e. The number of carboxylic acid groups (broad SMARTS) is 3. The SMILES string of the molecule is C=C(C)C(=O)O.C=C(C)C(=O)OC(CCOc1ccccc1C(=O)O)Oc1ccccc1C(=O)O. The van der Waals surface area contributed by atoms with Crippen LogP contribution in [0, 0.1) is 0 Å². The second-order valence-corrected chi connectivity index (χ2v) is 7.06. The summed E-state index contributed by atoms with van der Waals surface area (Å²) >= 11 is 0. The van der Waals surface area contributed by atoms with Crippen molar-refractivity contribution >= 4 is 23.9 Å². The third kappa shape index (κ3) is 9.82. The van der Waals surface area contributed by atoms with Gasteiger partial charge in [0.05, 0.1) is 13.0 Å². The van der Waals surface area contributed by atoms with Gasteiger partial charge in [0, 0.05) is 11.1 Å². The average molecular weight is 486 g/mol. The van der Waals surface area contributed by atoms with Crippen LogP contribution in [0.4, 0.5) is 0 Å². The standard InChI is InChI=1S/C21H20O8.C4H6O2/c1-13(2)21(26)29-18(28-17-10-6-4-8-15(17)20(24)25)11-12-27-16-9-5-3-7-14(16)19(22)23;1-3(2)4(5)6/h3-10,18H,1,11-12H2,2H3,(H,22,23)(H,24,25);1H2,2H3,(H,5,6). The van der Waals surface area contributed by atoms with E-state index in [0.717, 1.165) is 0 Å². The molecule has 0 amide bonds. The van der Waals surface area contributed by atoms with Crippen LogP contribution in [-0.2, 0) is 14.3 Å². The molecule has 186 valence electrons. The molecule has 0 aromatic heterocycles. The summed E-state index contributed by atoms with van der Waals surface area (Å²) in [6, 6.07) is 12.0. The summed E-state index contributed by atoms with van der Waals surface area (Å²) in [5, 5.41) is 26.4. The van der Waals surface area contributed by atoms with Crippen LogP contribution in [0.3, 0.4) is 0 Å². The molecule has 0 spiro atoms. The lowest BCUT2D eigenvalue weighted by Crippen LogP contribution is -2.27. The maximum Gasteiger partial charge on any atom is 0.339 e. The third-order valence-electron chi connectivity index (χ3n) is 4.06. The number of para-hydroxylation sites is 2. The fourth-order valence-electron chi connectivity index (χ4n) is 2.28. The lowest BCUT2D eigenvalue weighted by Gasteiger charge is -2.21. The predicted molar refractivity (Wildman–Crippen MR) is 125 cm³/mol. The summed E-state index contributed by atoms with van der Waals surface area (Å²) in [5.74, 6) is -3.82. The van der Waals surface area contributed by atoms with E-state index in [-0.39, 0.29) is 46.8 Å². The molecule has 0 radical (unpaired) electrons. The van der Waals surface area contributed by atoms with E-state index in [4.69, 9.17) is 19.3 Å². The fourth-order valence-corrected chi connectivity index (χ4v) is 2.28.